The highest BCUT2D eigenvalue weighted by Gasteiger charge is 2.44. The second-order valence-electron chi connectivity index (χ2n) is 5.11. The van der Waals surface area contributed by atoms with E-state index in [1.165, 1.54) is 11.1 Å². The number of carboxylic acids is 1. The predicted octanol–water partition coefficient (Wildman–Crippen LogP) is 1.25. The Morgan fingerprint density at radius 3 is 2.83 bits per heavy atom. The molecule has 0 radical (unpaired) electrons. The van der Waals surface area contributed by atoms with E-state index < -0.39 is 17.4 Å². The molecule has 1 atom stereocenters. The SMILES string of the molecule is CC1(C)CCCN(C(=O)c2cnns2)C1C(=O)O. The Kier molecular flexibility index (Phi) is 3.34. The van der Waals surface area contributed by atoms with Crippen molar-refractivity contribution in [3.8, 4) is 0 Å². The van der Waals surface area contributed by atoms with E-state index in [1.807, 2.05) is 13.8 Å². The van der Waals surface area contributed by atoms with E-state index in [0.29, 0.717) is 11.4 Å². The fraction of sp³-hybridized carbons (Fsp3) is 0.636. The number of aromatic nitrogens is 2. The van der Waals surface area contributed by atoms with Crippen LogP contribution in [0.2, 0.25) is 0 Å². The van der Waals surface area contributed by atoms with Gasteiger partial charge in [-0.05, 0) is 29.8 Å². The molecule has 1 fully saturated rings. The molecule has 1 saturated heterocycles. The lowest BCUT2D eigenvalue weighted by atomic mass is 9.76. The summed E-state index contributed by atoms with van der Waals surface area (Å²) in [4.78, 5) is 25.5. The van der Waals surface area contributed by atoms with E-state index in [1.54, 1.807) is 0 Å². The first-order valence-electron chi connectivity index (χ1n) is 5.74. The van der Waals surface area contributed by atoms with E-state index in [9.17, 15) is 14.7 Å². The summed E-state index contributed by atoms with van der Waals surface area (Å²) in [5.41, 5.74) is -0.419. The molecule has 0 aliphatic carbocycles. The average molecular weight is 269 g/mol. The highest BCUT2D eigenvalue weighted by molar-refractivity contribution is 7.07. The number of likely N-dealkylation sites (tertiary alicyclic amines) is 1. The van der Waals surface area contributed by atoms with Crippen molar-refractivity contribution in [3.63, 3.8) is 0 Å². The zero-order chi connectivity index (χ0) is 13.3. The molecule has 2 rings (SSSR count). The summed E-state index contributed by atoms with van der Waals surface area (Å²) >= 11 is 0.993. The first-order chi connectivity index (χ1) is 8.43. The standard InChI is InChI=1S/C11H15N3O3S/c1-11(2)4-3-5-14(8(11)10(16)17)9(15)7-6-12-13-18-7/h6,8H,3-5H2,1-2H3,(H,16,17). The molecule has 98 valence electrons. The van der Waals surface area contributed by atoms with Gasteiger partial charge in [-0.1, -0.05) is 18.3 Å². The van der Waals surface area contributed by atoms with Gasteiger partial charge < -0.3 is 10.0 Å². The van der Waals surface area contributed by atoms with Gasteiger partial charge in [0, 0.05) is 6.54 Å². The van der Waals surface area contributed by atoms with Crippen molar-refractivity contribution in [1.82, 2.24) is 14.5 Å². The Labute approximate surface area is 109 Å². The largest absolute Gasteiger partial charge is 0.480 e. The quantitative estimate of drug-likeness (QED) is 0.873. The molecule has 0 bridgehead atoms. The van der Waals surface area contributed by atoms with Crippen LogP contribution in [0, 0.1) is 5.41 Å². The zero-order valence-corrected chi connectivity index (χ0v) is 11.1. The zero-order valence-electron chi connectivity index (χ0n) is 10.3. The molecule has 1 aliphatic rings. The maximum atomic E-state index is 12.3. The lowest BCUT2D eigenvalue weighted by Crippen LogP contribution is -2.56. The number of piperidine rings is 1. The van der Waals surface area contributed by atoms with Gasteiger partial charge in [0.15, 0.2) is 0 Å². The normalized spacial score (nSPS) is 22.8. The predicted molar refractivity (Wildman–Crippen MR) is 65.4 cm³/mol. The molecular formula is C11H15N3O3S. The number of carbonyl (C=O) groups excluding carboxylic acids is 1. The number of hydrogen-bond acceptors (Lipinski definition) is 5. The molecule has 0 saturated carbocycles. The van der Waals surface area contributed by atoms with Crippen molar-refractivity contribution in [1.29, 1.82) is 0 Å². The van der Waals surface area contributed by atoms with E-state index in [4.69, 9.17) is 0 Å². The van der Waals surface area contributed by atoms with Gasteiger partial charge in [-0.3, -0.25) is 4.79 Å². The molecule has 6 nitrogen and oxygen atoms in total. The summed E-state index contributed by atoms with van der Waals surface area (Å²) in [6.07, 6.45) is 3.00. The van der Waals surface area contributed by atoms with Gasteiger partial charge >= 0.3 is 5.97 Å². The highest BCUT2D eigenvalue weighted by atomic mass is 32.1. The van der Waals surface area contributed by atoms with E-state index in [-0.39, 0.29) is 5.91 Å². The van der Waals surface area contributed by atoms with Gasteiger partial charge in [0.25, 0.3) is 5.91 Å². The van der Waals surface area contributed by atoms with Gasteiger partial charge in [-0.25, -0.2) is 4.79 Å². The molecule has 18 heavy (non-hydrogen) atoms. The number of carboxylic acid groups (broad SMARTS) is 1. The van der Waals surface area contributed by atoms with Crippen molar-refractivity contribution >= 4 is 23.4 Å². The Bertz CT molecular complexity index is 458. The summed E-state index contributed by atoms with van der Waals surface area (Å²) in [7, 11) is 0. The lowest BCUT2D eigenvalue weighted by Gasteiger charge is -2.43. The monoisotopic (exact) mass is 269 g/mol. The molecule has 1 unspecified atom stereocenters. The maximum Gasteiger partial charge on any atom is 0.326 e. The van der Waals surface area contributed by atoms with E-state index in [0.717, 1.165) is 24.4 Å². The van der Waals surface area contributed by atoms with Gasteiger partial charge in [0.05, 0.1) is 6.20 Å². The fourth-order valence-corrected chi connectivity index (χ4v) is 2.95. The van der Waals surface area contributed by atoms with Crippen LogP contribution in [0.1, 0.15) is 36.4 Å². The van der Waals surface area contributed by atoms with Crippen molar-refractivity contribution in [2.45, 2.75) is 32.7 Å². The van der Waals surface area contributed by atoms with Crippen molar-refractivity contribution in [3.05, 3.63) is 11.1 Å². The molecule has 1 N–H and O–H groups in total. The maximum absolute atomic E-state index is 12.3. The molecule has 1 aliphatic heterocycles. The van der Waals surface area contributed by atoms with Gasteiger partial charge in [0.2, 0.25) is 0 Å². The Morgan fingerprint density at radius 1 is 1.56 bits per heavy atom. The third-order valence-corrected chi connectivity index (χ3v) is 3.99. The number of nitrogens with zero attached hydrogens (tertiary/aromatic N) is 3. The van der Waals surface area contributed by atoms with Crippen LogP contribution in [0.4, 0.5) is 0 Å². The Hall–Kier alpha value is -1.50. The van der Waals surface area contributed by atoms with E-state index in [2.05, 4.69) is 9.59 Å². The third-order valence-electron chi connectivity index (χ3n) is 3.34. The summed E-state index contributed by atoms with van der Waals surface area (Å²) in [6, 6.07) is -0.791. The fourth-order valence-electron chi connectivity index (χ4n) is 2.48. The highest BCUT2D eigenvalue weighted by Crippen LogP contribution is 2.36. The minimum absolute atomic E-state index is 0.287. The van der Waals surface area contributed by atoms with Gasteiger partial charge in [0.1, 0.15) is 10.9 Å². The van der Waals surface area contributed by atoms with Crippen molar-refractivity contribution in [2.24, 2.45) is 5.41 Å². The summed E-state index contributed by atoms with van der Waals surface area (Å²) in [5, 5.41) is 13.0. The van der Waals surface area contributed by atoms with Gasteiger partial charge in [-0.2, -0.15) is 0 Å². The molecule has 7 heteroatoms. The Morgan fingerprint density at radius 2 is 2.28 bits per heavy atom. The topological polar surface area (TPSA) is 83.4 Å². The second kappa shape index (κ2) is 4.64. The van der Waals surface area contributed by atoms with Gasteiger partial charge in [-0.15, -0.1) is 5.10 Å². The van der Waals surface area contributed by atoms with Crippen LogP contribution in [0.25, 0.3) is 0 Å². The molecular weight excluding hydrogens is 254 g/mol. The Balaban J connectivity index is 2.30. The summed E-state index contributed by atoms with van der Waals surface area (Å²) in [6.45, 7) is 4.24. The molecule has 1 aromatic rings. The smallest absolute Gasteiger partial charge is 0.326 e. The van der Waals surface area contributed by atoms with Crippen LogP contribution < -0.4 is 0 Å². The number of carbonyl (C=O) groups is 2. The number of rotatable bonds is 2. The minimum atomic E-state index is -0.953. The van der Waals surface area contributed by atoms with Crippen LogP contribution in [0.3, 0.4) is 0 Å². The first kappa shape index (κ1) is 12.9. The van der Waals surface area contributed by atoms with Crippen molar-refractivity contribution < 1.29 is 14.7 Å². The lowest BCUT2D eigenvalue weighted by molar-refractivity contribution is -0.148. The third kappa shape index (κ3) is 2.22. The van der Waals surface area contributed by atoms with Crippen LogP contribution in [0.15, 0.2) is 6.20 Å². The van der Waals surface area contributed by atoms with Crippen LogP contribution >= 0.6 is 11.5 Å². The number of amides is 1. The van der Waals surface area contributed by atoms with Crippen LogP contribution in [-0.2, 0) is 4.79 Å². The summed E-state index contributed by atoms with van der Waals surface area (Å²) < 4.78 is 3.64. The first-order valence-corrected chi connectivity index (χ1v) is 6.52. The second-order valence-corrected chi connectivity index (χ2v) is 5.90. The van der Waals surface area contributed by atoms with Crippen molar-refractivity contribution in [2.75, 3.05) is 6.54 Å². The number of hydrogen-bond donors (Lipinski definition) is 1. The molecule has 2 heterocycles. The average Bonchev–Trinajstić information content (AvgIpc) is 2.79. The molecule has 1 amide bonds. The molecule has 1 aromatic heterocycles. The van der Waals surface area contributed by atoms with E-state index >= 15 is 0 Å². The molecule has 0 spiro atoms. The van der Waals surface area contributed by atoms with Crippen LogP contribution in [-0.4, -0.2) is 44.1 Å². The number of aliphatic carboxylic acids is 1. The summed E-state index contributed by atoms with van der Waals surface area (Å²) in [5.74, 6) is -1.24. The van der Waals surface area contributed by atoms with Crippen LogP contribution in [0.5, 0.6) is 0 Å². The molecule has 0 aromatic carbocycles. The minimum Gasteiger partial charge on any atom is -0.480 e.